The highest BCUT2D eigenvalue weighted by molar-refractivity contribution is 5.92. The lowest BCUT2D eigenvalue weighted by Crippen LogP contribution is -2.27. The number of methoxy groups -OCH3 is 1. The van der Waals surface area contributed by atoms with Gasteiger partial charge in [0.15, 0.2) is 0 Å². The van der Waals surface area contributed by atoms with E-state index in [2.05, 4.69) is 11.1 Å². The monoisotopic (exact) mass is 624 g/mol. The van der Waals surface area contributed by atoms with Gasteiger partial charge < -0.3 is 23.9 Å². The summed E-state index contributed by atoms with van der Waals surface area (Å²) >= 11 is 0. The van der Waals surface area contributed by atoms with Gasteiger partial charge in [-0.1, -0.05) is 26.0 Å². The molecule has 1 unspecified atom stereocenters. The van der Waals surface area contributed by atoms with Crippen LogP contribution in [0.25, 0.3) is 22.3 Å². The van der Waals surface area contributed by atoms with Gasteiger partial charge in [-0.15, -0.1) is 0 Å². The molecule has 234 valence electrons. The summed E-state index contributed by atoms with van der Waals surface area (Å²) < 4.78 is 50.2. The molecule has 3 aromatic carbocycles. The number of rotatable bonds is 9. The Morgan fingerprint density at radius 3 is 2.63 bits per heavy atom. The molecule has 11 heteroatoms. The fourth-order valence-electron chi connectivity index (χ4n) is 5.75. The van der Waals surface area contributed by atoms with Gasteiger partial charge in [-0.2, -0.15) is 5.26 Å². The third-order valence-electron chi connectivity index (χ3n) is 8.25. The second kappa shape index (κ2) is 12.2. The number of nitriles is 1. The summed E-state index contributed by atoms with van der Waals surface area (Å²) in [4.78, 5) is 20.8. The Balaban J connectivity index is 1.30. The van der Waals surface area contributed by atoms with Gasteiger partial charge in [-0.25, -0.2) is 23.5 Å². The van der Waals surface area contributed by atoms with Crippen LogP contribution in [0.4, 0.5) is 8.78 Å². The highest BCUT2D eigenvalue weighted by Gasteiger charge is 2.39. The Morgan fingerprint density at radius 1 is 1.09 bits per heavy atom. The van der Waals surface area contributed by atoms with E-state index in [4.69, 9.17) is 24.5 Å². The number of nitrogens with zero attached hydrogens (tertiary/aromatic N) is 4. The smallest absolute Gasteiger partial charge is 0.335 e. The minimum Gasteiger partial charge on any atom is -0.496 e. The Hall–Kier alpha value is -5.34. The van der Waals surface area contributed by atoms with E-state index in [1.165, 1.54) is 13.2 Å². The quantitative estimate of drug-likeness (QED) is 0.192. The van der Waals surface area contributed by atoms with Crippen molar-refractivity contribution in [1.82, 2.24) is 14.5 Å². The van der Waals surface area contributed by atoms with Crippen LogP contribution in [0.3, 0.4) is 0 Å². The molecule has 0 spiro atoms. The van der Waals surface area contributed by atoms with Crippen molar-refractivity contribution in [3.63, 3.8) is 0 Å². The Morgan fingerprint density at radius 2 is 1.91 bits per heavy atom. The summed E-state index contributed by atoms with van der Waals surface area (Å²) in [6, 6.07) is 18.6. The standard InChI is InChI=1S/C35H30F2N4O5/c1-35(2)19-45-18-31(35)41-29-13-21(34(42)43)9-10-28(29)39-32(41)14-23-12-26(37)24(15-25(23)36)27-5-4-6-33(40-27)46-17-22-8-7-20(16-38)11-30(22)44-3/h4-13,15,31H,14,17-19H2,1-3H3,(H,42,43). The van der Waals surface area contributed by atoms with Crippen molar-refractivity contribution in [2.45, 2.75) is 32.9 Å². The fourth-order valence-corrected chi connectivity index (χ4v) is 5.75. The molecule has 1 N–H and O–H groups in total. The number of imidazole rings is 1. The summed E-state index contributed by atoms with van der Waals surface area (Å²) in [6.07, 6.45) is -0.0320. The lowest BCUT2D eigenvalue weighted by molar-refractivity contribution is 0.0697. The van der Waals surface area contributed by atoms with Crippen molar-refractivity contribution in [3.05, 3.63) is 106 Å². The molecule has 1 aliphatic rings. The van der Waals surface area contributed by atoms with Crippen LogP contribution >= 0.6 is 0 Å². The number of benzene rings is 3. The number of halogens is 2. The number of carboxylic acids is 1. The number of aromatic nitrogens is 3. The second-order valence-corrected chi connectivity index (χ2v) is 11.8. The molecule has 0 amide bonds. The minimum atomic E-state index is -1.07. The SMILES string of the molecule is COc1cc(C#N)ccc1COc1cccc(-c2cc(F)c(Cc3nc4ccc(C(=O)O)cc4n3C3COCC3(C)C)cc2F)n1. The molecule has 1 saturated heterocycles. The number of carboxylic acid groups (broad SMARTS) is 1. The van der Waals surface area contributed by atoms with E-state index < -0.39 is 17.6 Å². The maximum atomic E-state index is 15.7. The van der Waals surface area contributed by atoms with Crippen LogP contribution in [-0.2, 0) is 17.8 Å². The molecule has 0 bridgehead atoms. The van der Waals surface area contributed by atoms with Crippen LogP contribution in [0.5, 0.6) is 11.6 Å². The van der Waals surface area contributed by atoms with Gasteiger partial charge in [-0.3, -0.25) is 0 Å². The normalized spacial score (nSPS) is 15.5. The molecule has 0 radical (unpaired) electrons. The molecule has 5 aromatic rings. The molecule has 6 rings (SSSR count). The van der Waals surface area contributed by atoms with Crippen LogP contribution in [-0.4, -0.2) is 45.9 Å². The fraction of sp³-hybridized carbons (Fsp3) is 0.257. The predicted octanol–water partition coefficient (Wildman–Crippen LogP) is 6.72. The lowest BCUT2D eigenvalue weighted by atomic mass is 9.87. The van der Waals surface area contributed by atoms with Crippen molar-refractivity contribution >= 4 is 17.0 Å². The average molecular weight is 625 g/mol. The van der Waals surface area contributed by atoms with E-state index in [9.17, 15) is 9.90 Å². The summed E-state index contributed by atoms with van der Waals surface area (Å²) in [6.45, 7) is 5.04. The molecule has 1 fully saturated rings. The van der Waals surface area contributed by atoms with Crippen molar-refractivity contribution in [2.75, 3.05) is 20.3 Å². The van der Waals surface area contributed by atoms with Gasteiger partial charge in [0.05, 0.1) is 60.3 Å². The molecule has 46 heavy (non-hydrogen) atoms. The minimum absolute atomic E-state index is 0.0320. The van der Waals surface area contributed by atoms with Crippen LogP contribution in [0.2, 0.25) is 0 Å². The first kappa shape index (κ1) is 30.7. The number of hydrogen-bond acceptors (Lipinski definition) is 7. The third-order valence-corrected chi connectivity index (χ3v) is 8.25. The molecule has 0 saturated carbocycles. The van der Waals surface area contributed by atoms with Crippen LogP contribution in [0.15, 0.2) is 66.7 Å². The van der Waals surface area contributed by atoms with E-state index in [1.807, 2.05) is 18.4 Å². The van der Waals surface area contributed by atoms with E-state index in [-0.39, 0.29) is 52.7 Å². The molecule has 0 aliphatic carbocycles. The number of fused-ring (bicyclic) bond motifs is 1. The summed E-state index contributed by atoms with van der Waals surface area (Å²) in [5.74, 6) is -1.23. The van der Waals surface area contributed by atoms with Crippen molar-refractivity contribution in [2.24, 2.45) is 5.41 Å². The third kappa shape index (κ3) is 5.87. The predicted molar refractivity (Wildman–Crippen MR) is 165 cm³/mol. The lowest BCUT2D eigenvalue weighted by Gasteiger charge is -2.28. The molecule has 3 heterocycles. The second-order valence-electron chi connectivity index (χ2n) is 11.8. The molecular weight excluding hydrogens is 594 g/mol. The Bertz CT molecular complexity index is 2020. The maximum absolute atomic E-state index is 15.7. The number of ether oxygens (including phenoxy) is 3. The summed E-state index contributed by atoms with van der Waals surface area (Å²) in [5, 5.41) is 18.7. The van der Waals surface area contributed by atoms with Gasteiger partial charge in [0.2, 0.25) is 5.88 Å². The van der Waals surface area contributed by atoms with E-state index in [1.54, 1.807) is 48.5 Å². The van der Waals surface area contributed by atoms with Crippen LogP contribution in [0, 0.1) is 28.4 Å². The first-order chi connectivity index (χ1) is 22.1. The van der Waals surface area contributed by atoms with Gasteiger partial charge >= 0.3 is 5.97 Å². The molecule has 9 nitrogen and oxygen atoms in total. The van der Waals surface area contributed by atoms with Gasteiger partial charge in [0.25, 0.3) is 0 Å². The van der Waals surface area contributed by atoms with Crippen molar-refractivity contribution in [1.29, 1.82) is 5.26 Å². The number of hydrogen-bond donors (Lipinski definition) is 1. The largest absolute Gasteiger partial charge is 0.496 e. The van der Waals surface area contributed by atoms with Crippen molar-refractivity contribution in [3.8, 4) is 29.0 Å². The zero-order valence-corrected chi connectivity index (χ0v) is 25.4. The molecule has 2 aromatic heterocycles. The number of carbonyl (C=O) groups is 1. The summed E-state index contributed by atoms with van der Waals surface area (Å²) in [5.41, 5.74) is 2.32. The number of pyridine rings is 1. The molecular formula is C35H30F2N4O5. The summed E-state index contributed by atoms with van der Waals surface area (Å²) in [7, 11) is 1.49. The van der Waals surface area contributed by atoms with Gasteiger partial charge in [-0.05, 0) is 54.1 Å². The molecule has 1 aliphatic heterocycles. The highest BCUT2D eigenvalue weighted by Crippen LogP contribution is 2.40. The maximum Gasteiger partial charge on any atom is 0.335 e. The topological polar surface area (TPSA) is 119 Å². The Labute approximate surface area is 263 Å². The first-order valence-electron chi connectivity index (χ1n) is 14.5. The first-order valence-corrected chi connectivity index (χ1v) is 14.5. The van der Waals surface area contributed by atoms with Crippen LogP contribution < -0.4 is 9.47 Å². The van der Waals surface area contributed by atoms with Gasteiger partial charge in [0, 0.05) is 29.0 Å². The highest BCUT2D eigenvalue weighted by atomic mass is 19.1. The van der Waals surface area contributed by atoms with E-state index >= 15 is 8.78 Å². The molecule has 1 atom stereocenters. The van der Waals surface area contributed by atoms with Crippen molar-refractivity contribution < 1.29 is 32.9 Å². The zero-order chi connectivity index (χ0) is 32.6. The van der Waals surface area contributed by atoms with Gasteiger partial charge in [0.1, 0.15) is 29.8 Å². The van der Waals surface area contributed by atoms with Crippen LogP contribution in [0.1, 0.15) is 52.8 Å². The van der Waals surface area contributed by atoms with E-state index in [0.717, 1.165) is 12.1 Å². The average Bonchev–Trinajstić information content (AvgIpc) is 3.58. The number of aromatic carboxylic acids is 1. The Kier molecular flexibility index (Phi) is 8.15. The van der Waals surface area contributed by atoms with E-state index in [0.29, 0.717) is 46.9 Å². The zero-order valence-electron chi connectivity index (χ0n) is 25.4.